The average molecular weight is 248 g/mol. The zero-order chi connectivity index (χ0) is 13.0. The average Bonchev–Trinajstić information content (AvgIpc) is 2.28. The topological polar surface area (TPSA) is 49.8 Å². The standard InChI is InChI=1S/C14H24N4/c1-4-8-15-14-16-9-10(2)13(18-14)17-11(3)12-6-5-7-12/h9,11-12H,4-8H2,1-3H3,(H2,15,16,17,18). The first kappa shape index (κ1) is 13.1. The van der Waals surface area contributed by atoms with Crippen LogP contribution in [0.1, 0.15) is 45.1 Å². The molecule has 4 heteroatoms. The Morgan fingerprint density at radius 3 is 2.83 bits per heavy atom. The van der Waals surface area contributed by atoms with Gasteiger partial charge in [-0.2, -0.15) is 4.98 Å². The van der Waals surface area contributed by atoms with E-state index in [0.717, 1.165) is 36.2 Å². The van der Waals surface area contributed by atoms with Gasteiger partial charge in [-0.05, 0) is 39.0 Å². The third-order valence-electron chi connectivity index (χ3n) is 3.73. The molecule has 0 aromatic carbocycles. The summed E-state index contributed by atoms with van der Waals surface area (Å²) >= 11 is 0. The predicted octanol–water partition coefficient (Wildman–Crippen LogP) is 3.21. The molecule has 0 bridgehead atoms. The molecule has 1 fully saturated rings. The lowest BCUT2D eigenvalue weighted by molar-refractivity contribution is 0.285. The fourth-order valence-electron chi connectivity index (χ4n) is 2.18. The summed E-state index contributed by atoms with van der Waals surface area (Å²) in [6, 6.07) is 0.506. The van der Waals surface area contributed by atoms with E-state index in [4.69, 9.17) is 0 Å². The highest BCUT2D eigenvalue weighted by molar-refractivity contribution is 5.47. The summed E-state index contributed by atoms with van der Waals surface area (Å²) in [5.74, 6) is 2.51. The third-order valence-corrected chi connectivity index (χ3v) is 3.73. The number of nitrogens with one attached hydrogen (secondary N) is 2. The van der Waals surface area contributed by atoms with Crippen LogP contribution in [-0.4, -0.2) is 22.6 Å². The van der Waals surface area contributed by atoms with Gasteiger partial charge in [0.15, 0.2) is 0 Å². The van der Waals surface area contributed by atoms with Gasteiger partial charge in [0.1, 0.15) is 5.82 Å². The minimum absolute atomic E-state index is 0.506. The Hall–Kier alpha value is -1.32. The zero-order valence-corrected chi connectivity index (χ0v) is 11.7. The van der Waals surface area contributed by atoms with E-state index >= 15 is 0 Å². The van der Waals surface area contributed by atoms with E-state index in [-0.39, 0.29) is 0 Å². The van der Waals surface area contributed by atoms with Crippen LogP contribution in [0.25, 0.3) is 0 Å². The van der Waals surface area contributed by atoms with Crippen LogP contribution in [0, 0.1) is 12.8 Å². The number of hydrogen-bond donors (Lipinski definition) is 2. The second-order valence-corrected chi connectivity index (χ2v) is 5.28. The van der Waals surface area contributed by atoms with E-state index < -0.39 is 0 Å². The van der Waals surface area contributed by atoms with Crippen LogP contribution in [0.15, 0.2) is 6.20 Å². The molecule has 1 aromatic heterocycles. The molecule has 18 heavy (non-hydrogen) atoms. The molecule has 0 spiro atoms. The highest BCUT2D eigenvalue weighted by Crippen LogP contribution is 2.31. The number of rotatable bonds is 6. The molecule has 1 unspecified atom stereocenters. The molecule has 1 heterocycles. The van der Waals surface area contributed by atoms with Gasteiger partial charge in [-0.3, -0.25) is 0 Å². The van der Waals surface area contributed by atoms with Crippen LogP contribution in [0.3, 0.4) is 0 Å². The van der Waals surface area contributed by atoms with E-state index in [2.05, 4.69) is 41.4 Å². The molecule has 100 valence electrons. The molecule has 1 aromatic rings. The van der Waals surface area contributed by atoms with Gasteiger partial charge in [-0.1, -0.05) is 13.3 Å². The molecule has 0 radical (unpaired) electrons. The first-order chi connectivity index (χ1) is 8.70. The molecule has 0 saturated heterocycles. The van der Waals surface area contributed by atoms with E-state index in [1.54, 1.807) is 0 Å². The Morgan fingerprint density at radius 2 is 2.22 bits per heavy atom. The maximum absolute atomic E-state index is 4.56. The Balaban J connectivity index is 2.00. The van der Waals surface area contributed by atoms with Crippen LogP contribution in [0.2, 0.25) is 0 Å². The molecular weight excluding hydrogens is 224 g/mol. The van der Waals surface area contributed by atoms with E-state index in [9.17, 15) is 0 Å². The number of aromatic nitrogens is 2. The molecular formula is C14H24N4. The summed E-state index contributed by atoms with van der Waals surface area (Å²) in [6.07, 6.45) is 7.04. The Labute approximate surface area is 110 Å². The summed E-state index contributed by atoms with van der Waals surface area (Å²) in [4.78, 5) is 8.86. The summed E-state index contributed by atoms with van der Waals surface area (Å²) in [5, 5.41) is 6.77. The first-order valence-corrected chi connectivity index (χ1v) is 7.04. The van der Waals surface area contributed by atoms with Gasteiger partial charge in [-0.15, -0.1) is 0 Å². The Morgan fingerprint density at radius 1 is 1.44 bits per heavy atom. The third kappa shape index (κ3) is 3.12. The molecule has 0 amide bonds. The zero-order valence-electron chi connectivity index (χ0n) is 11.7. The monoisotopic (exact) mass is 248 g/mol. The van der Waals surface area contributed by atoms with Gasteiger partial charge in [0.25, 0.3) is 0 Å². The number of nitrogens with zero attached hydrogens (tertiary/aromatic N) is 2. The summed E-state index contributed by atoms with van der Waals surface area (Å²) in [7, 11) is 0. The minimum Gasteiger partial charge on any atom is -0.367 e. The van der Waals surface area contributed by atoms with Gasteiger partial charge >= 0.3 is 0 Å². The predicted molar refractivity (Wildman–Crippen MR) is 76.0 cm³/mol. The number of hydrogen-bond acceptors (Lipinski definition) is 4. The molecule has 2 N–H and O–H groups in total. The lowest BCUT2D eigenvalue weighted by Gasteiger charge is -2.32. The first-order valence-electron chi connectivity index (χ1n) is 7.04. The van der Waals surface area contributed by atoms with Gasteiger partial charge in [0.05, 0.1) is 0 Å². The highest BCUT2D eigenvalue weighted by atomic mass is 15.1. The normalized spacial score (nSPS) is 17.1. The SMILES string of the molecule is CCCNc1ncc(C)c(NC(C)C2CCC2)n1. The van der Waals surface area contributed by atoms with Crippen molar-refractivity contribution in [3.63, 3.8) is 0 Å². The van der Waals surface area contributed by atoms with Crippen LogP contribution in [-0.2, 0) is 0 Å². The van der Waals surface area contributed by atoms with Crippen LogP contribution in [0.4, 0.5) is 11.8 Å². The summed E-state index contributed by atoms with van der Waals surface area (Å²) in [5.41, 5.74) is 1.11. The fraction of sp³-hybridized carbons (Fsp3) is 0.714. The maximum atomic E-state index is 4.56. The molecule has 4 nitrogen and oxygen atoms in total. The van der Waals surface area contributed by atoms with Crippen molar-refractivity contribution in [2.45, 2.75) is 52.5 Å². The van der Waals surface area contributed by atoms with Gasteiger partial charge < -0.3 is 10.6 Å². The smallest absolute Gasteiger partial charge is 0.224 e. The lowest BCUT2D eigenvalue weighted by Crippen LogP contribution is -2.31. The minimum atomic E-state index is 0.506. The van der Waals surface area contributed by atoms with Gasteiger partial charge in [-0.25, -0.2) is 4.98 Å². The van der Waals surface area contributed by atoms with Crippen molar-refractivity contribution >= 4 is 11.8 Å². The quantitative estimate of drug-likeness (QED) is 0.811. The molecule has 1 atom stereocenters. The maximum Gasteiger partial charge on any atom is 0.224 e. The van der Waals surface area contributed by atoms with E-state index in [0.29, 0.717) is 6.04 Å². The molecule has 1 aliphatic rings. The van der Waals surface area contributed by atoms with Gasteiger partial charge in [0, 0.05) is 24.3 Å². The second kappa shape index (κ2) is 6.03. The van der Waals surface area contributed by atoms with Gasteiger partial charge in [0.2, 0.25) is 5.95 Å². The fourth-order valence-corrected chi connectivity index (χ4v) is 2.18. The van der Waals surface area contributed by atoms with Crippen LogP contribution >= 0.6 is 0 Å². The number of anilines is 2. The van der Waals surface area contributed by atoms with Crippen molar-refractivity contribution in [3.05, 3.63) is 11.8 Å². The molecule has 0 aliphatic heterocycles. The van der Waals surface area contributed by atoms with Crippen molar-refractivity contribution in [3.8, 4) is 0 Å². The van der Waals surface area contributed by atoms with Crippen molar-refractivity contribution in [1.82, 2.24) is 9.97 Å². The Bertz CT molecular complexity index is 387. The van der Waals surface area contributed by atoms with E-state index in [1.807, 2.05) is 6.20 Å². The molecule has 2 rings (SSSR count). The lowest BCUT2D eigenvalue weighted by atomic mass is 9.80. The summed E-state index contributed by atoms with van der Waals surface area (Å²) < 4.78 is 0. The van der Waals surface area contributed by atoms with Crippen LogP contribution in [0.5, 0.6) is 0 Å². The van der Waals surface area contributed by atoms with Crippen molar-refractivity contribution in [2.75, 3.05) is 17.2 Å². The van der Waals surface area contributed by atoms with Crippen molar-refractivity contribution in [1.29, 1.82) is 0 Å². The number of aryl methyl sites for hydroxylation is 1. The van der Waals surface area contributed by atoms with Crippen molar-refractivity contribution in [2.24, 2.45) is 5.92 Å². The molecule has 1 saturated carbocycles. The van der Waals surface area contributed by atoms with E-state index in [1.165, 1.54) is 19.3 Å². The highest BCUT2D eigenvalue weighted by Gasteiger charge is 2.24. The van der Waals surface area contributed by atoms with Crippen LogP contribution < -0.4 is 10.6 Å². The molecule has 1 aliphatic carbocycles. The summed E-state index contributed by atoms with van der Waals surface area (Å²) in [6.45, 7) is 7.36. The Kier molecular flexibility index (Phi) is 4.39. The van der Waals surface area contributed by atoms with Crippen molar-refractivity contribution < 1.29 is 0 Å². The largest absolute Gasteiger partial charge is 0.367 e. The second-order valence-electron chi connectivity index (χ2n) is 5.28.